The summed E-state index contributed by atoms with van der Waals surface area (Å²) in [4.78, 5) is 8.22. The van der Waals surface area contributed by atoms with Crippen LogP contribution < -0.4 is 0 Å². The van der Waals surface area contributed by atoms with Gasteiger partial charge in [-0.1, -0.05) is 0 Å². The molecule has 3 aromatic heterocycles. The zero-order chi connectivity index (χ0) is 8.67. The Kier molecular flexibility index (Phi) is 1.34. The lowest BCUT2D eigenvalue weighted by Gasteiger charge is -1.87. The average Bonchev–Trinajstić information content (AvgIpc) is 2.56. The summed E-state index contributed by atoms with van der Waals surface area (Å²) in [7, 11) is 0. The van der Waals surface area contributed by atoms with Crippen molar-refractivity contribution in [2.75, 3.05) is 0 Å². The molecule has 13 heavy (non-hydrogen) atoms. The van der Waals surface area contributed by atoms with Crippen LogP contribution in [0.25, 0.3) is 20.2 Å². The van der Waals surface area contributed by atoms with Crippen molar-refractivity contribution in [2.45, 2.75) is 0 Å². The number of fused-ring (bicyclic) bond motifs is 3. The molecule has 0 saturated heterocycles. The van der Waals surface area contributed by atoms with Crippen LogP contribution in [-0.4, -0.2) is 9.97 Å². The van der Waals surface area contributed by atoms with Crippen molar-refractivity contribution in [3.05, 3.63) is 36.9 Å². The number of rotatable bonds is 0. The van der Waals surface area contributed by atoms with Gasteiger partial charge in [-0.2, -0.15) is 0 Å². The van der Waals surface area contributed by atoms with E-state index in [1.807, 2.05) is 36.9 Å². The summed E-state index contributed by atoms with van der Waals surface area (Å²) in [5.74, 6) is 0. The van der Waals surface area contributed by atoms with Crippen LogP contribution in [0.3, 0.4) is 0 Å². The van der Waals surface area contributed by atoms with E-state index in [1.54, 1.807) is 11.3 Å². The van der Waals surface area contributed by atoms with Crippen molar-refractivity contribution in [3.8, 4) is 0 Å². The molecule has 0 fully saturated rings. The molecule has 0 unspecified atom stereocenters. The third kappa shape index (κ3) is 0.939. The Morgan fingerprint density at radius 3 is 2.69 bits per heavy atom. The van der Waals surface area contributed by atoms with E-state index in [-0.39, 0.29) is 0 Å². The Morgan fingerprint density at radius 1 is 0.846 bits per heavy atom. The van der Waals surface area contributed by atoms with Crippen LogP contribution in [-0.2, 0) is 0 Å². The molecular formula is C10H6N2S. The van der Waals surface area contributed by atoms with E-state index in [9.17, 15) is 0 Å². The molecular weight excluding hydrogens is 180 g/mol. The van der Waals surface area contributed by atoms with Gasteiger partial charge in [0.1, 0.15) is 0 Å². The fraction of sp³-hybridized carbons (Fsp3) is 0. The van der Waals surface area contributed by atoms with Gasteiger partial charge in [0.15, 0.2) is 0 Å². The molecule has 0 aliphatic heterocycles. The molecule has 0 aliphatic carbocycles. The number of hydrogen-bond acceptors (Lipinski definition) is 3. The smallest absolute Gasteiger partial charge is 0.0539 e. The molecule has 3 heteroatoms. The monoisotopic (exact) mass is 186 g/mol. The molecule has 2 nitrogen and oxygen atoms in total. The number of hydrogen-bond donors (Lipinski definition) is 0. The summed E-state index contributed by atoms with van der Waals surface area (Å²) >= 11 is 1.76. The van der Waals surface area contributed by atoms with Crippen LogP contribution in [0.1, 0.15) is 0 Å². The maximum Gasteiger partial charge on any atom is 0.0539 e. The topological polar surface area (TPSA) is 25.8 Å². The molecule has 0 radical (unpaired) electrons. The molecule has 3 rings (SSSR count). The Balaban J connectivity index is 2.64. The second-order valence-electron chi connectivity index (χ2n) is 2.85. The maximum absolute atomic E-state index is 4.12. The van der Waals surface area contributed by atoms with Crippen molar-refractivity contribution in [3.63, 3.8) is 0 Å². The minimum atomic E-state index is 1.23. The van der Waals surface area contributed by atoms with E-state index < -0.39 is 0 Å². The maximum atomic E-state index is 4.12. The lowest BCUT2D eigenvalue weighted by molar-refractivity contribution is 1.36. The third-order valence-electron chi connectivity index (χ3n) is 2.08. The van der Waals surface area contributed by atoms with Gasteiger partial charge in [0, 0.05) is 40.3 Å². The standard InChI is InChI=1S/C10H6N2S/c1-3-12-6-10-7(1)8-5-11-4-2-9(8)13-10/h1-6H. The molecule has 0 spiro atoms. The van der Waals surface area contributed by atoms with E-state index in [0.717, 1.165) is 0 Å². The summed E-state index contributed by atoms with van der Waals surface area (Å²) in [6, 6.07) is 4.08. The van der Waals surface area contributed by atoms with Crippen LogP contribution in [0.4, 0.5) is 0 Å². The second-order valence-corrected chi connectivity index (χ2v) is 3.93. The fourth-order valence-electron chi connectivity index (χ4n) is 1.48. The largest absolute Gasteiger partial charge is 0.264 e. The van der Waals surface area contributed by atoms with Crippen molar-refractivity contribution in [1.29, 1.82) is 0 Å². The number of nitrogens with zero attached hydrogens (tertiary/aromatic N) is 2. The minimum Gasteiger partial charge on any atom is -0.264 e. The van der Waals surface area contributed by atoms with E-state index in [0.29, 0.717) is 0 Å². The van der Waals surface area contributed by atoms with Crippen LogP contribution in [0.5, 0.6) is 0 Å². The highest BCUT2D eigenvalue weighted by atomic mass is 32.1. The molecule has 0 aliphatic rings. The first-order valence-electron chi connectivity index (χ1n) is 4.01. The average molecular weight is 186 g/mol. The SMILES string of the molecule is c1cc2c(cn1)sc1ccncc12. The molecule has 3 heterocycles. The second kappa shape index (κ2) is 2.50. The fourth-order valence-corrected chi connectivity index (χ4v) is 2.52. The van der Waals surface area contributed by atoms with E-state index in [1.165, 1.54) is 20.2 Å². The van der Waals surface area contributed by atoms with Gasteiger partial charge in [0.2, 0.25) is 0 Å². The Labute approximate surface area is 78.9 Å². The molecule has 0 saturated carbocycles. The highest BCUT2D eigenvalue weighted by molar-refractivity contribution is 7.25. The van der Waals surface area contributed by atoms with Crippen molar-refractivity contribution >= 4 is 31.5 Å². The summed E-state index contributed by atoms with van der Waals surface area (Å²) in [5.41, 5.74) is 0. The van der Waals surface area contributed by atoms with Crippen LogP contribution in [0.15, 0.2) is 36.9 Å². The molecule has 62 valence electrons. The zero-order valence-corrected chi connectivity index (χ0v) is 7.58. The van der Waals surface area contributed by atoms with Crippen molar-refractivity contribution in [1.82, 2.24) is 9.97 Å². The highest BCUT2D eigenvalue weighted by Crippen LogP contribution is 2.31. The lowest BCUT2D eigenvalue weighted by atomic mass is 10.2. The van der Waals surface area contributed by atoms with Crippen LogP contribution in [0, 0.1) is 0 Å². The lowest BCUT2D eigenvalue weighted by Crippen LogP contribution is -1.69. The van der Waals surface area contributed by atoms with Crippen LogP contribution in [0.2, 0.25) is 0 Å². The first-order chi connectivity index (χ1) is 6.45. The summed E-state index contributed by atoms with van der Waals surface area (Å²) in [6.07, 6.45) is 7.46. The third-order valence-corrected chi connectivity index (χ3v) is 3.20. The van der Waals surface area contributed by atoms with Crippen molar-refractivity contribution in [2.24, 2.45) is 0 Å². The van der Waals surface area contributed by atoms with Gasteiger partial charge >= 0.3 is 0 Å². The first-order valence-corrected chi connectivity index (χ1v) is 4.83. The zero-order valence-electron chi connectivity index (χ0n) is 6.77. The van der Waals surface area contributed by atoms with Gasteiger partial charge in [-0.3, -0.25) is 9.97 Å². The predicted molar refractivity (Wildman–Crippen MR) is 54.9 cm³/mol. The summed E-state index contributed by atoms with van der Waals surface area (Å²) < 4.78 is 2.50. The number of aromatic nitrogens is 2. The van der Waals surface area contributed by atoms with Gasteiger partial charge in [-0.05, 0) is 12.1 Å². The predicted octanol–water partition coefficient (Wildman–Crippen LogP) is 2.84. The number of pyridine rings is 2. The molecule has 0 aromatic carbocycles. The van der Waals surface area contributed by atoms with Crippen molar-refractivity contribution < 1.29 is 0 Å². The van der Waals surface area contributed by atoms with E-state index >= 15 is 0 Å². The first kappa shape index (κ1) is 6.97. The summed E-state index contributed by atoms with van der Waals surface area (Å²) in [6.45, 7) is 0. The quantitative estimate of drug-likeness (QED) is 0.539. The number of thiophene rings is 1. The Bertz CT molecular complexity index is 521. The van der Waals surface area contributed by atoms with Gasteiger partial charge in [0.05, 0.1) is 4.70 Å². The minimum absolute atomic E-state index is 1.23. The van der Waals surface area contributed by atoms with Gasteiger partial charge in [-0.15, -0.1) is 11.3 Å². The Morgan fingerprint density at radius 2 is 1.69 bits per heavy atom. The normalized spacial score (nSPS) is 11.1. The van der Waals surface area contributed by atoms with Gasteiger partial charge in [0.25, 0.3) is 0 Å². The van der Waals surface area contributed by atoms with Gasteiger partial charge < -0.3 is 0 Å². The molecule has 3 aromatic rings. The van der Waals surface area contributed by atoms with Crippen LogP contribution >= 0.6 is 11.3 Å². The van der Waals surface area contributed by atoms with Gasteiger partial charge in [-0.25, -0.2) is 0 Å². The molecule has 0 N–H and O–H groups in total. The highest BCUT2D eigenvalue weighted by Gasteiger charge is 2.02. The molecule has 0 bridgehead atoms. The Hall–Kier alpha value is -1.48. The van der Waals surface area contributed by atoms with E-state index in [4.69, 9.17) is 0 Å². The molecule has 0 amide bonds. The van der Waals surface area contributed by atoms with E-state index in [2.05, 4.69) is 9.97 Å². The summed E-state index contributed by atoms with van der Waals surface area (Å²) in [5, 5.41) is 2.48. The molecule has 0 atom stereocenters.